The second-order valence-corrected chi connectivity index (χ2v) is 8.35. The molecule has 0 atom stereocenters. The molecule has 0 saturated heterocycles. The average Bonchev–Trinajstić information content (AvgIpc) is 2.97. The van der Waals surface area contributed by atoms with Crippen molar-refractivity contribution in [3.63, 3.8) is 0 Å². The van der Waals surface area contributed by atoms with E-state index in [0.717, 1.165) is 37.7 Å². The number of benzene rings is 2. The molecule has 0 radical (unpaired) electrons. The quantitative estimate of drug-likeness (QED) is 0.733. The minimum Gasteiger partial charge on any atom is -0.322 e. The largest absolute Gasteiger partial charge is 0.322 e. The van der Waals surface area contributed by atoms with Crippen LogP contribution in [0.2, 0.25) is 0 Å². The fraction of sp³-hybridized carbons (Fsp3) is 0.318. The van der Waals surface area contributed by atoms with Crippen LogP contribution in [0.1, 0.15) is 37.7 Å². The maximum atomic E-state index is 14.1. The third-order valence-corrected chi connectivity index (χ3v) is 5.97. The number of halogens is 2. The van der Waals surface area contributed by atoms with Crippen molar-refractivity contribution < 1.29 is 14.0 Å². The molecule has 29 heavy (non-hydrogen) atoms. The molecule has 1 N–H and O–H groups in total. The van der Waals surface area contributed by atoms with E-state index in [1.165, 1.54) is 12.1 Å². The molecular weight excluding hydrogens is 437 g/mol. The van der Waals surface area contributed by atoms with E-state index in [-0.39, 0.29) is 18.1 Å². The van der Waals surface area contributed by atoms with Crippen molar-refractivity contribution in [3.8, 4) is 0 Å². The fourth-order valence-corrected chi connectivity index (χ4v) is 4.39. The van der Waals surface area contributed by atoms with E-state index in [9.17, 15) is 14.0 Å². The van der Waals surface area contributed by atoms with Crippen LogP contribution in [0.15, 0.2) is 58.0 Å². The molecule has 4 rings (SSSR count). The first-order valence-corrected chi connectivity index (χ1v) is 10.5. The molecule has 1 fully saturated rings. The van der Waals surface area contributed by atoms with Gasteiger partial charge in [-0.05, 0) is 43.9 Å². The summed E-state index contributed by atoms with van der Waals surface area (Å²) < 4.78 is 14.7. The van der Waals surface area contributed by atoms with E-state index in [2.05, 4.69) is 21.2 Å². The summed E-state index contributed by atoms with van der Waals surface area (Å²) in [6, 6.07) is 13.8. The van der Waals surface area contributed by atoms with Gasteiger partial charge in [-0.2, -0.15) is 0 Å². The number of rotatable bonds is 4. The highest BCUT2D eigenvalue weighted by atomic mass is 79.9. The Balaban J connectivity index is 1.58. The zero-order valence-corrected chi connectivity index (χ0v) is 17.4. The standard InChI is InChI=1S/C22H21BrFN3O2/c23-16-9-10-18(17(24)13-16)25-19(28)14-27-21(29)20(15-7-3-1-4-8-15)26-22(27)11-5-2-6-12-22/h1,3-4,7-10,13H,2,5-6,11-12,14H2,(H,25,28). The van der Waals surface area contributed by atoms with Gasteiger partial charge in [0.1, 0.15) is 23.7 Å². The molecular formula is C22H21BrFN3O2. The summed E-state index contributed by atoms with van der Waals surface area (Å²) in [6.45, 7) is -0.159. The third-order valence-electron chi connectivity index (χ3n) is 5.48. The van der Waals surface area contributed by atoms with Crippen molar-refractivity contribution in [2.75, 3.05) is 11.9 Å². The summed E-state index contributed by atoms with van der Waals surface area (Å²) in [5.41, 5.74) is 0.557. The number of carbonyl (C=O) groups excluding carboxylic acids is 2. The van der Waals surface area contributed by atoms with Crippen LogP contribution in [0, 0.1) is 5.82 Å². The lowest BCUT2D eigenvalue weighted by atomic mass is 9.88. The third kappa shape index (κ3) is 3.96. The number of hydrogen-bond donors (Lipinski definition) is 1. The lowest BCUT2D eigenvalue weighted by molar-refractivity contribution is -0.134. The van der Waals surface area contributed by atoms with Gasteiger partial charge in [0.05, 0.1) is 5.69 Å². The predicted octanol–water partition coefficient (Wildman–Crippen LogP) is 4.52. The van der Waals surface area contributed by atoms with Gasteiger partial charge >= 0.3 is 0 Å². The number of aliphatic imine (C=N–C) groups is 1. The first-order chi connectivity index (χ1) is 14.0. The van der Waals surface area contributed by atoms with E-state index in [1.807, 2.05) is 30.3 Å². The Kier molecular flexibility index (Phi) is 5.50. The highest BCUT2D eigenvalue weighted by Gasteiger charge is 2.48. The van der Waals surface area contributed by atoms with Gasteiger partial charge in [-0.3, -0.25) is 14.6 Å². The minimum absolute atomic E-state index is 0.0896. The fourth-order valence-electron chi connectivity index (χ4n) is 4.06. The van der Waals surface area contributed by atoms with Crippen molar-refractivity contribution >= 4 is 39.1 Å². The van der Waals surface area contributed by atoms with Crippen molar-refractivity contribution in [2.24, 2.45) is 4.99 Å². The summed E-state index contributed by atoms with van der Waals surface area (Å²) >= 11 is 3.20. The second kappa shape index (κ2) is 8.06. The van der Waals surface area contributed by atoms with Crippen LogP contribution in [0.25, 0.3) is 0 Å². The summed E-state index contributed by atoms with van der Waals surface area (Å²) in [5.74, 6) is -1.22. The second-order valence-electron chi connectivity index (χ2n) is 7.43. The molecule has 1 heterocycles. The highest BCUT2D eigenvalue weighted by molar-refractivity contribution is 9.10. The molecule has 2 aromatic rings. The molecule has 1 aliphatic heterocycles. The van der Waals surface area contributed by atoms with Gasteiger partial charge in [-0.1, -0.05) is 52.7 Å². The van der Waals surface area contributed by atoms with Crippen LogP contribution in [-0.2, 0) is 9.59 Å². The summed E-state index contributed by atoms with van der Waals surface area (Å²) in [7, 11) is 0. The van der Waals surface area contributed by atoms with Gasteiger partial charge in [0.25, 0.3) is 5.91 Å². The summed E-state index contributed by atoms with van der Waals surface area (Å²) in [6.07, 6.45) is 4.47. The number of nitrogens with one attached hydrogen (secondary N) is 1. The van der Waals surface area contributed by atoms with E-state index in [0.29, 0.717) is 10.2 Å². The maximum absolute atomic E-state index is 14.1. The normalized spacial score (nSPS) is 18.1. The minimum atomic E-state index is -0.684. The Bertz CT molecular complexity index is 971. The Labute approximate surface area is 177 Å². The first-order valence-electron chi connectivity index (χ1n) is 9.71. The number of carbonyl (C=O) groups is 2. The Morgan fingerprint density at radius 2 is 1.86 bits per heavy atom. The zero-order valence-electron chi connectivity index (χ0n) is 15.8. The molecule has 2 aliphatic rings. The van der Waals surface area contributed by atoms with Crippen LogP contribution in [0.5, 0.6) is 0 Å². The number of nitrogens with zero attached hydrogens (tertiary/aromatic N) is 2. The maximum Gasteiger partial charge on any atom is 0.275 e. The average molecular weight is 458 g/mol. The zero-order chi connectivity index (χ0) is 20.4. The van der Waals surface area contributed by atoms with E-state index < -0.39 is 17.4 Å². The number of amides is 2. The van der Waals surface area contributed by atoms with Gasteiger partial charge in [0.2, 0.25) is 5.91 Å². The molecule has 0 bridgehead atoms. The molecule has 0 aromatic heterocycles. The van der Waals surface area contributed by atoms with Gasteiger partial charge in [-0.15, -0.1) is 0 Å². The van der Waals surface area contributed by atoms with Crippen LogP contribution in [0.4, 0.5) is 10.1 Å². The van der Waals surface area contributed by atoms with Crippen molar-refractivity contribution in [1.29, 1.82) is 0 Å². The molecule has 0 unspecified atom stereocenters. The van der Waals surface area contributed by atoms with Crippen LogP contribution in [-0.4, -0.2) is 34.6 Å². The van der Waals surface area contributed by atoms with Crippen molar-refractivity contribution in [3.05, 3.63) is 64.4 Å². The monoisotopic (exact) mass is 457 g/mol. The Morgan fingerprint density at radius 3 is 2.55 bits per heavy atom. The first kappa shape index (κ1) is 19.8. The Morgan fingerprint density at radius 1 is 1.14 bits per heavy atom. The van der Waals surface area contributed by atoms with Gasteiger partial charge in [-0.25, -0.2) is 4.39 Å². The molecule has 2 aromatic carbocycles. The molecule has 1 saturated carbocycles. The Hall–Kier alpha value is -2.54. The summed E-state index contributed by atoms with van der Waals surface area (Å²) in [5, 5.41) is 2.58. The van der Waals surface area contributed by atoms with Crippen molar-refractivity contribution in [2.45, 2.75) is 37.8 Å². The van der Waals surface area contributed by atoms with Crippen LogP contribution < -0.4 is 5.32 Å². The van der Waals surface area contributed by atoms with Gasteiger partial charge < -0.3 is 10.2 Å². The highest BCUT2D eigenvalue weighted by Crippen LogP contribution is 2.39. The SMILES string of the molecule is O=C(CN1C(=O)C(c2ccccc2)=NC12CCCCC2)Nc1ccc(Br)cc1F. The number of anilines is 1. The van der Waals surface area contributed by atoms with Gasteiger partial charge in [0.15, 0.2) is 0 Å². The van der Waals surface area contributed by atoms with Crippen LogP contribution >= 0.6 is 15.9 Å². The molecule has 2 amide bonds. The predicted molar refractivity (Wildman–Crippen MR) is 113 cm³/mol. The molecule has 1 aliphatic carbocycles. The van der Waals surface area contributed by atoms with E-state index >= 15 is 0 Å². The van der Waals surface area contributed by atoms with Crippen LogP contribution in [0.3, 0.4) is 0 Å². The lowest BCUT2D eigenvalue weighted by Crippen LogP contribution is -2.51. The van der Waals surface area contributed by atoms with E-state index in [1.54, 1.807) is 11.0 Å². The van der Waals surface area contributed by atoms with Crippen molar-refractivity contribution in [1.82, 2.24) is 4.90 Å². The van der Waals surface area contributed by atoms with E-state index in [4.69, 9.17) is 4.99 Å². The molecule has 7 heteroatoms. The molecule has 5 nitrogen and oxygen atoms in total. The summed E-state index contributed by atoms with van der Waals surface area (Å²) in [4.78, 5) is 32.3. The smallest absolute Gasteiger partial charge is 0.275 e. The van der Waals surface area contributed by atoms with Gasteiger partial charge in [0, 0.05) is 10.0 Å². The molecule has 150 valence electrons. The number of hydrogen-bond acceptors (Lipinski definition) is 3. The lowest BCUT2D eigenvalue weighted by Gasteiger charge is -2.38. The topological polar surface area (TPSA) is 61.8 Å². The molecule has 1 spiro atoms.